The van der Waals surface area contributed by atoms with Crippen molar-refractivity contribution >= 4 is 17.7 Å². The highest BCUT2D eigenvalue weighted by atomic mass is 32.2. The second-order valence-corrected chi connectivity index (χ2v) is 6.73. The van der Waals surface area contributed by atoms with Gasteiger partial charge in [-0.2, -0.15) is 0 Å². The summed E-state index contributed by atoms with van der Waals surface area (Å²) >= 11 is 1.72. The topological polar surface area (TPSA) is 29.1 Å². The minimum atomic E-state index is -0.419. The van der Waals surface area contributed by atoms with E-state index in [0.717, 1.165) is 22.6 Å². The summed E-state index contributed by atoms with van der Waals surface area (Å²) in [6, 6.07) is 4.74. The van der Waals surface area contributed by atoms with Crippen LogP contribution in [-0.4, -0.2) is 11.7 Å². The Morgan fingerprint density at radius 1 is 1.44 bits per heavy atom. The average Bonchev–Trinajstić information content (AvgIpc) is 2.28. The number of rotatable bonds is 1. The van der Waals surface area contributed by atoms with E-state index in [0.29, 0.717) is 0 Å². The predicted molar refractivity (Wildman–Crippen MR) is 72.1 cm³/mol. The number of hydrogen-bond acceptors (Lipinski definition) is 2. The number of fused-ring (bicyclic) bond motifs is 1. The molecule has 0 spiro atoms. The van der Waals surface area contributed by atoms with Gasteiger partial charge < -0.3 is 5.32 Å². The van der Waals surface area contributed by atoms with Crippen LogP contribution < -0.4 is 5.32 Å². The molecule has 1 aliphatic heterocycles. The lowest BCUT2D eigenvalue weighted by Crippen LogP contribution is -2.38. The summed E-state index contributed by atoms with van der Waals surface area (Å²) < 4.78 is 13.3. The van der Waals surface area contributed by atoms with Crippen LogP contribution in [0.2, 0.25) is 0 Å². The second-order valence-electron chi connectivity index (χ2n) is 5.60. The van der Waals surface area contributed by atoms with Gasteiger partial charge in [-0.25, -0.2) is 4.39 Å². The normalized spacial score (nSPS) is 19.2. The quantitative estimate of drug-likeness (QED) is 0.843. The summed E-state index contributed by atoms with van der Waals surface area (Å²) in [5.74, 6) is 0.717. The fraction of sp³-hybridized carbons (Fsp3) is 0.500. The summed E-state index contributed by atoms with van der Waals surface area (Å²) in [6.07, 6.45) is 0.850. The van der Waals surface area contributed by atoms with Crippen LogP contribution in [0.5, 0.6) is 0 Å². The third-order valence-corrected chi connectivity index (χ3v) is 4.12. The van der Waals surface area contributed by atoms with Crippen molar-refractivity contribution in [3.05, 3.63) is 29.6 Å². The molecule has 4 heteroatoms. The van der Waals surface area contributed by atoms with Gasteiger partial charge >= 0.3 is 0 Å². The van der Waals surface area contributed by atoms with Gasteiger partial charge in [0.2, 0.25) is 5.91 Å². The Hall–Kier alpha value is -1.03. The molecule has 0 fully saturated rings. The van der Waals surface area contributed by atoms with Gasteiger partial charge in [0.25, 0.3) is 0 Å². The molecular weight excluding hydrogens is 249 g/mol. The first-order chi connectivity index (χ1) is 8.38. The van der Waals surface area contributed by atoms with E-state index in [9.17, 15) is 9.18 Å². The van der Waals surface area contributed by atoms with Crippen molar-refractivity contribution < 1.29 is 9.18 Å². The lowest BCUT2D eigenvalue weighted by atomic mass is 9.94. The maximum Gasteiger partial charge on any atom is 0.225 e. The third kappa shape index (κ3) is 2.86. The number of nitrogens with one attached hydrogen (secondary N) is 1. The Balaban J connectivity index is 2.22. The van der Waals surface area contributed by atoms with Crippen molar-refractivity contribution in [3.8, 4) is 0 Å². The van der Waals surface area contributed by atoms with Crippen molar-refractivity contribution in [3.63, 3.8) is 0 Å². The van der Waals surface area contributed by atoms with Crippen molar-refractivity contribution in [1.82, 2.24) is 5.32 Å². The molecule has 1 aliphatic rings. The minimum absolute atomic E-state index is 0.00890. The fourth-order valence-corrected chi connectivity index (χ4v) is 3.00. The van der Waals surface area contributed by atoms with E-state index < -0.39 is 5.41 Å². The smallest absolute Gasteiger partial charge is 0.225 e. The van der Waals surface area contributed by atoms with Crippen LogP contribution >= 0.6 is 11.8 Å². The number of thioether (sulfide) groups is 1. The number of halogens is 1. The Bertz CT molecular complexity index is 467. The van der Waals surface area contributed by atoms with Gasteiger partial charge in [0.15, 0.2) is 0 Å². The van der Waals surface area contributed by atoms with Crippen LogP contribution in [0, 0.1) is 11.2 Å². The van der Waals surface area contributed by atoms with E-state index in [2.05, 4.69) is 5.32 Å². The monoisotopic (exact) mass is 267 g/mol. The van der Waals surface area contributed by atoms with E-state index in [1.54, 1.807) is 17.8 Å². The summed E-state index contributed by atoms with van der Waals surface area (Å²) in [5, 5.41) is 3.02. The van der Waals surface area contributed by atoms with Gasteiger partial charge in [-0.3, -0.25) is 4.79 Å². The van der Waals surface area contributed by atoms with E-state index >= 15 is 0 Å². The van der Waals surface area contributed by atoms with Crippen molar-refractivity contribution in [2.75, 3.05) is 5.75 Å². The molecule has 1 heterocycles. The van der Waals surface area contributed by atoms with Gasteiger partial charge in [-0.15, -0.1) is 11.8 Å². The minimum Gasteiger partial charge on any atom is -0.349 e. The molecule has 2 rings (SSSR count). The summed E-state index contributed by atoms with van der Waals surface area (Å²) in [5.41, 5.74) is 0.488. The number of benzene rings is 1. The molecule has 0 radical (unpaired) electrons. The molecule has 2 nitrogen and oxygen atoms in total. The van der Waals surface area contributed by atoms with Crippen LogP contribution in [0.25, 0.3) is 0 Å². The molecule has 1 unspecified atom stereocenters. The van der Waals surface area contributed by atoms with Gasteiger partial charge in [0, 0.05) is 16.1 Å². The molecule has 0 saturated carbocycles. The van der Waals surface area contributed by atoms with Gasteiger partial charge in [0.05, 0.1) is 6.04 Å². The Labute approximate surface area is 111 Å². The molecular formula is C14H18FNOS. The van der Waals surface area contributed by atoms with Gasteiger partial charge in [0.1, 0.15) is 5.82 Å². The summed E-state index contributed by atoms with van der Waals surface area (Å²) in [7, 11) is 0. The number of amides is 1. The van der Waals surface area contributed by atoms with Gasteiger partial charge in [-0.05, 0) is 30.2 Å². The van der Waals surface area contributed by atoms with Crippen molar-refractivity contribution in [1.29, 1.82) is 0 Å². The van der Waals surface area contributed by atoms with E-state index in [1.807, 2.05) is 20.8 Å². The Kier molecular flexibility index (Phi) is 3.66. The van der Waals surface area contributed by atoms with E-state index in [1.165, 1.54) is 12.1 Å². The van der Waals surface area contributed by atoms with Crippen molar-refractivity contribution in [2.24, 2.45) is 5.41 Å². The lowest BCUT2D eigenvalue weighted by Gasteiger charge is -2.29. The number of hydrogen-bond donors (Lipinski definition) is 1. The zero-order chi connectivity index (χ0) is 13.3. The molecule has 0 aromatic heterocycles. The van der Waals surface area contributed by atoms with Gasteiger partial charge in [-0.1, -0.05) is 20.8 Å². The highest BCUT2D eigenvalue weighted by Crippen LogP contribution is 2.36. The maximum atomic E-state index is 13.3. The first-order valence-corrected chi connectivity index (χ1v) is 7.10. The van der Waals surface area contributed by atoms with E-state index in [-0.39, 0.29) is 17.8 Å². The standard InChI is InChI=1S/C14H18FNOS/c1-14(2,3)13(17)16-11-6-7-18-12-5-4-9(15)8-10(11)12/h4-5,8,11H,6-7H2,1-3H3,(H,16,17). The molecule has 1 aromatic rings. The molecule has 1 aromatic carbocycles. The molecule has 1 N–H and O–H groups in total. The molecule has 1 amide bonds. The maximum absolute atomic E-state index is 13.3. The van der Waals surface area contributed by atoms with Crippen LogP contribution in [0.4, 0.5) is 4.39 Å². The Morgan fingerprint density at radius 2 is 2.17 bits per heavy atom. The lowest BCUT2D eigenvalue weighted by molar-refractivity contribution is -0.129. The summed E-state index contributed by atoms with van der Waals surface area (Å²) in [6.45, 7) is 5.64. The van der Waals surface area contributed by atoms with Crippen LogP contribution in [0.1, 0.15) is 38.8 Å². The van der Waals surface area contributed by atoms with Crippen LogP contribution in [-0.2, 0) is 4.79 Å². The highest BCUT2D eigenvalue weighted by Gasteiger charge is 2.27. The fourth-order valence-electron chi connectivity index (χ4n) is 1.89. The number of carbonyl (C=O) groups excluding carboxylic acids is 1. The highest BCUT2D eigenvalue weighted by molar-refractivity contribution is 7.99. The zero-order valence-corrected chi connectivity index (χ0v) is 11.7. The SMILES string of the molecule is CC(C)(C)C(=O)NC1CCSc2ccc(F)cc21. The predicted octanol–water partition coefficient (Wildman–Crippen LogP) is 3.52. The van der Waals surface area contributed by atoms with Crippen LogP contribution in [0.15, 0.2) is 23.1 Å². The summed E-state index contributed by atoms with van der Waals surface area (Å²) in [4.78, 5) is 13.1. The molecule has 0 aliphatic carbocycles. The average molecular weight is 267 g/mol. The third-order valence-electron chi connectivity index (χ3n) is 3.00. The zero-order valence-electron chi connectivity index (χ0n) is 10.9. The molecule has 1 atom stereocenters. The molecule has 0 saturated heterocycles. The van der Waals surface area contributed by atoms with Crippen molar-refractivity contribution in [2.45, 2.75) is 38.1 Å². The first kappa shape index (κ1) is 13.4. The number of carbonyl (C=O) groups is 1. The second kappa shape index (κ2) is 4.92. The first-order valence-electron chi connectivity index (χ1n) is 6.11. The molecule has 0 bridgehead atoms. The molecule has 18 heavy (non-hydrogen) atoms. The Morgan fingerprint density at radius 3 is 2.83 bits per heavy atom. The van der Waals surface area contributed by atoms with Crippen LogP contribution in [0.3, 0.4) is 0 Å². The molecule has 98 valence electrons. The largest absolute Gasteiger partial charge is 0.349 e. The van der Waals surface area contributed by atoms with E-state index in [4.69, 9.17) is 0 Å².